The largest absolute Gasteiger partial charge is 0.481 e. The van der Waals surface area contributed by atoms with Gasteiger partial charge in [-0.05, 0) is 0 Å². The van der Waals surface area contributed by atoms with Crippen molar-refractivity contribution in [3.8, 4) is 16.6 Å². The van der Waals surface area contributed by atoms with Crippen LogP contribution in [0.2, 0.25) is 0 Å². The van der Waals surface area contributed by atoms with Gasteiger partial charge in [0.25, 0.3) is 0 Å². The molecule has 2 aromatic heterocycles. The number of rotatable bonds is 2. The van der Waals surface area contributed by atoms with Crippen molar-refractivity contribution >= 4 is 11.3 Å². The lowest BCUT2D eigenvalue weighted by molar-refractivity contribution is 0.394. The van der Waals surface area contributed by atoms with E-state index < -0.39 is 0 Å². The summed E-state index contributed by atoms with van der Waals surface area (Å²) in [7, 11) is 1.45. The molecule has 0 atom stereocenters. The number of nitrogens with zero attached hydrogens (tertiary/aromatic N) is 2. The van der Waals surface area contributed by atoms with Crippen molar-refractivity contribution in [1.29, 1.82) is 0 Å². The first-order valence-corrected chi connectivity index (χ1v) is 4.79. The molecule has 0 spiro atoms. The number of hydrogen-bond acceptors (Lipinski definition) is 4. The van der Waals surface area contributed by atoms with Gasteiger partial charge >= 0.3 is 0 Å². The van der Waals surface area contributed by atoms with Crippen LogP contribution in [0.15, 0.2) is 23.7 Å². The first-order chi connectivity index (χ1) is 6.79. The molecule has 0 aromatic carbocycles. The SMILES string of the molecule is COc1cc(F)cc(-c2nccs2)n1. The predicted molar refractivity (Wildman–Crippen MR) is 51.9 cm³/mol. The van der Waals surface area contributed by atoms with Crippen molar-refractivity contribution in [2.45, 2.75) is 0 Å². The second-order valence-electron chi connectivity index (χ2n) is 2.55. The van der Waals surface area contributed by atoms with Crippen molar-refractivity contribution < 1.29 is 9.13 Å². The summed E-state index contributed by atoms with van der Waals surface area (Å²) < 4.78 is 17.9. The normalized spacial score (nSPS) is 10.1. The summed E-state index contributed by atoms with van der Waals surface area (Å²) in [5, 5.41) is 2.50. The van der Waals surface area contributed by atoms with Crippen molar-refractivity contribution in [3.63, 3.8) is 0 Å². The number of methoxy groups -OCH3 is 1. The van der Waals surface area contributed by atoms with Gasteiger partial charge in [-0.3, -0.25) is 0 Å². The second kappa shape index (κ2) is 3.71. The van der Waals surface area contributed by atoms with Crippen LogP contribution in [0.4, 0.5) is 4.39 Å². The van der Waals surface area contributed by atoms with Crippen LogP contribution in [-0.2, 0) is 0 Å². The van der Waals surface area contributed by atoms with Gasteiger partial charge in [-0.25, -0.2) is 14.4 Å². The molecule has 0 unspecified atom stereocenters. The maximum Gasteiger partial charge on any atom is 0.216 e. The highest BCUT2D eigenvalue weighted by Gasteiger charge is 2.06. The minimum absolute atomic E-state index is 0.259. The Bertz CT molecular complexity index is 430. The van der Waals surface area contributed by atoms with Crippen LogP contribution in [0.3, 0.4) is 0 Å². The van der Waals surface area contributed by atoms with Crippen LogP contribution in [0.1, 0.15) is 0 Å². The smallest absolute Gasteiger partial charge is 0.216 e. The first-order valence-electron chi connectivity index (χ1n) is 3.91. The van der Waals surface area contributed by atoms with E-state index in [0.29, 0.717) is 10.7 Å². The van der Waals surface area contributed by atoms with Crippen LogP contribution in [0, 0.1) is 5.82 Å². The molecule has 0 bridgehead atoms. The number of hydrogen-bond donors (Lipinski definition) is 0. The van der Waals surface area contributed by atoms with E-state index in [1.54, 1.807) is 6.20 Å². The summed E-state index contributed by atoms with van der Waals surface area (Å²) in [6.07, 6.45) is 1.65. The molecule has 3 nitrogen and oxygen atoms in total. The van der Waals surface area contributed by atoms with Crippen LogP contribution in [-0.4, -0.2) is 17.1 Å². The fraction of sp³-hybridized carbons (Fsp3) is 0.111. The molecule has 2 rings (SSSR count). The highest BCUT2D eigenvalue weighted by molar-refractivity contribution is 7.13. The molecule has 5 heteroatoms. The summed E-state index contributed by atoms with van der Waals surface area (Å²) in [4.78, 5) is 8.12. The summed E-state index contributed by atoms with van der Waals surface area (Å²) >= 11 is 1.41. The molecule has 0 amide bonds. The minimum atomic E-state index is -0.373. The lowest BCUT2D eigenvalue weighted by Crippen LogP contribution is -1.91. The molecule has 0 saturated heterocycles. The Morgan fingerprint density at radius 3 is 2.93 bits per heavy atom. The van der Waals surface area contributed by atoms with Gasteiger partial charge < -0.3 is 4.74 Å². The molecule has 0 aliphatic rings. The average molecular weight is 210 g/mol. The highest BCUT2D eigenvalue weighted by atomic mass is 32.1. The molecule has 0 aliphatic carbocycles. The first kappa shape index (κ1) is 9.08. The monoisotopic (exact) mass is 210 g/mol. The summed E-state index contributed by atoms with van der Waals surface area (Å²) in [5.41, 5.74) is 0.497. The van der Waals surface area contributed by atoms with Gasteiger partial charge in [-0.1, -0.05) is 0 Å². The van der Waals surface area contributed by atoms with Gasteiger partial charge in [-0.2, -0.15) is 0 Å². The number of halogens is 1. The lowest BCUT2D eigenvalue weighted by Gasteiger charge is -2.01. The third-order valence-corrected chi connectivity index (χ3v) is 2.42. The molecule has 14 heavy (non-hydrogen) atoms. The van der Waals surface area contributed by atoms with Gasteiger partial charge in [0.1, 0.15) is 16.5 Å². The van der Waals surface area contributed by atoms with Gasteiger partial charge in [0.05, 0.1) is 7.11 Å². The van der Waals surface area contributed by atoms with Gasteiger partial charge in [-0.15, -0.1) is 11.3 Å². The third kappa shape index (κ3) is 1.72. The van der Waals surface area contributed by atoms with Crippen LogP contribution in [0.5, 0.6) is 5.88 Å². The van der Waals surface area contributed by atoms with Gasteiger partial charge in [0, 0.05) is 23.7 Å². The topological polar surface area (TPSA) is 35.0 Å². The molecule has 2 heterocycles. The van der Waals surface area contributed by atoms with Gasteiger partial charge in [0.15, 0.2) is 0 Å². The Hall–Kier alpha value is -1.49. The molecule has 0 radical (unpaired) electrons. The van der Waals surface area contributed by atoms with E-state index in [1.807, 2.05) is 5.38 Å². The van der Waals surface area contributed by atoms with E-state index in [1.165, 1.54) is 30.6 Å². The van der Waals surface area contributed by atoms with Crippen molar-refractivity contribution in [1.82, 2.24) is 9.97 Å². The van der Waals surface area contributed by atoms with Crippen LogP contribution < -0.4 is 4.74 Å². The Labute approximate surface area is 84.2 Å². The Morgan fingerprint density at radius 1 is 1.43 bits per heavy atom. The maximum atomic E-state index is 13.1. The second-order valence-corrected chi connectivity index (χ2v) is 3.44. The van der Waals surface area contributed by atoms with E-state index in [-0.39, 0.29) is 11.7 Å². The quantitative estimate of drug-likeness (QED) is 0.763. The molecular formula is C9H7FN2OS. The van der Waals surface area contributed by atoms with E-state index in [4.69, 9.17) is 4.74 Å². The Balaban J connectivity index is 2.48. The number of pyridine rings is 1. The summed E-state index contributed by atoms with van der Waals surface area (Å²) in [6, 6.07) is 2.57. The number of aromatic nitrogens is 2. The van der Waals surface area contributed by atoms with E-state index >= 15 is 0 Å². The predicted octanol–water partition coefficient (Wildman–Crippen LogP) is 2.35. The fourth-order valence-corrected chi connectivity index (χ4v) is 1.64. The Morgan fingerprint density at radius 2 is 2.29 bits per heavy atom. The summed E-state index contributed by atoms with van der Waals surface area (Å²) in [5.74, 6) is -0.114. The average Bonchev–Trinajstić information content (AvgIpc) is 2.69. The van der Waals surface area contributed by atoms with Crippen molar-refractivity contribution in [2.75, 3.05) is 7.11 Å². The zero-order valence-electron chi connectivity index (χ0n) is 7.40. The third-order valence-electron chi connectivity index (χ3n) is 1.63. The standard InChI is InChI=1S/C9H7FN2OS/c1-13-8-5-6(10)4-7(12-8)9-11-2-3-14-9/h2-5H,1H3. The molecule has 0 saturated carbocycles. The molecule has 72 valence electrons. The molecule has 0 aliphatic heterocycles. The molecular weight excluding hydrogens is 203 g/mol. The maximum absolute atomic E-state index is 13.1. The molecule has 0 N–H and O–H groups in total. The zero-order chi connectivity index (χ0) is 9.97. The lowest BCUT2D eigenvalue weighted by atomic mass is 10.3. The number of ether oxygens (including phenoxy) is 1. The van der Waals surface area contributed by atoms with E-state index in [9.17, 15) is 4.39 Å². The van der Waals surface area contributed by atoms with E-state index in [2.05, 4.69) is 9.97 Å². The van der Waals surface area contributed by atoms with Crippen LogP contribution >= 0.6 is 11.3 Å². The van der Waals surface area contributed by atoms with Crippen LogP contribution in [0.25, 0.3) is 10.7 Å². The molecule has 2 aromatic rings. The fourth-order valence-electron chi connectivity index (χ4n) is 1.04. The van der Waals surface area contributed by atoms with Gasteiger partial charge in [0.2, 0.25) is 5.88 Å². The zero-order valence-corrected chi connectivity index (χ0v) is 8.21. The Kier molecular flexibility index (Phi) is 2.41. The van der Waals surface area contributed by atoms with Crippen molar-refractivity contribution in [2.24, 2.45) is 0 Å². The summed E-state index contributed by atoms with van der Waals surface area (Å²) in [6.45, 7) is 0. The van der Waals surface area contributed by atoms with E-state index in [0.717, 1.165) is 0 Å². The minimum Gasteiger partial charge on any atom is -0.481 e. The molecule has 0 fully saturated rings. The highest BCUT2D eigenvalue weighted by Crippen LogP contribution is 2.22. The van der Waals surface area contributed by atoms with Crippen molar-refractivity contribution in [3.05, 3.63) is 29.5 Å². The number of thiazole rings is 1.